The molecule has 2 fully saturated rings. The Labute approximate surface area is 154 Å². The van der Waals surface area contributed by atoms with Crippen LogP contribution in [0.15, 0.2) is 24.3 Å². The lowest BCUT2D eigenvalue weighted by Gasteiger charge is -2.28. The molecule has 0 aromatic heterocycles. The standard InChI is InChI=1S/C19H28N2O5/c1-2-20(17-12-25-13-18(17)22)11-15-3-5-16(6-4-15)26-14-19(23)21-7-9-24-10-8-21/h3-6,17-18,22H,2,7-14H2,1H3/t17-,18-/m0/s1. The molecule has 1 amide bonds. The van der Waals surface area contributed by atoms with Crippen LogP contribution < -0.4 is 4.74 Å². The molecule has 2 atom stereocenters. The first-order chi connectivity index (χ1) is 12.7. The summed E-state index contributed by atoms with van der Waals surface area (Å²) in [5, 5.41) is 10.0. The Bertz CT molecular complexity index is 574. The molecule has 2 saturated heterocycles. The number of ether oxygens (including phenoxy) is 3. The van der Waals surface area contributed by atoms with Gasteiger partial charge in [-0.2, -0.15) is 0 Å². The molecule has 144 valence electrons. The van der Waals surface area contributed by atoms with Crippen LogP contribution in [-0.4, -0.2) is 85.6 Å². The number of aliphatic hydroxyl groups is 1. The van der Waals surface area contributed by atoms with Crippen molar-refractivity contribution in [3.63, 3.8) is 0 Å². The van der Waals surface area contributed by atoms with E-state index in [2.05, 4.69) is 11.8 Å². The van der Waals surface area contributed by atoms with E-state index in [0.717, 1.165) is 18.7 Å². The van der Waals surface area contributed by atoms with Crippen LogP contribution >= 0.6 is 0 Å². The van der Waals surface area contributed by atoms with E-state index in [4.69, 9.17) is 14.2 Å². The first kappa shape index (κ1) is 19.1. The van der Waals surface area contributed by atoms with E-state index in [1.54, 1.807) is 4.90 Å². The number of hydrogen-bond donors (Lipinski definition) is 1. The summed E-state index contributed by atoms with van der Waals surface area (Å²) in [7, 11) is 0. The van der Waals surface area contributed by atoms with E-state index in [1.807, 2.05) is 24.3 Å². The molecule has 0 saturated carbocycles. The second-order valence-electron chi connectivity index (χ2n) is 6.66. The van der Waals surface area contributed by atoms with Crippen LogP contribution in [0.3, 0.4) is 0 Å². The quantitative estimate of drug-likeness (QED) is 0.760. The largest absolute Gasteiger partial charge is 0.484 e. The number of carbonyl (C=O) groups is 1. The van der Waals surface area contributed by atoms with Crippen molar-refractivity contribution in [1.82, 2.24) is 9.80 Å². The van der Waals surface area contributed by atoms with Crippen LogP contribution in [0, 0.1) is 0 Å². The number of rotatable bonds is 7. The molecular weight excluding hydrogens is 336 g/mol. The minimum atomic E-state index is -0.427. The van der Waals surface area contributed by atoms with E-state index in [0.29, 0.717) is 45.3 Å². The van der Waals surface area contributed by atoms with Crippen molar-refractivity contribution in [2.75, 3.05) is 52.7 Å². The number of hydrogen-bond acceptors (Lipinski definition) is 6. The summed E-state index contributed by atoms with van der Waals surface area (Å²) in [6.07, 6.45) is -0.427. The highest BCUT2D eigenvalue weighted by Crippen LogP contribution is 2.18. The van der Waals surface area contributed by atoms with Gasteiger partial charge in [-0.05, 0) is 24.2 Å². The number of carbonyl (C=O) groups excluding carboxylic acids is 1. The lowest BCUT2D eigenvalue weighted by Crippen LogP contribution is -2.43. The molecule has 7 nitrogen and oxygen atoms in total. The fraction of sp³-hybridized carbons (Fsp3) is 0.632. The molecule has 7 heteroatoms. The van der Waals surface area contributed by atoms with E-state index in [1.165, 1.54) is 0 Å². The maximum absolute atomic E-state index is 12.1. The molecule has 0 aliphatic carbocycles. The molecule has 1 N–H and O–H groups in total. The summed E-state index contributed by atoms with van der Waals surface area (Å²) < 4.78 is 16.2. The summed E-state index contributed by atoms with van der Waals surface area (Å²) in [5.74, 6) is 0.674. The third kappa shape index (κ3) is 4.94. The molecule has 1 aromatic carbocycles. The Morgan fingerprint density at radius 2 is 1.96 bits per heavy atom. The highest BCUT2D eigenvalue weighted by Gasteiger charge is 2.30. The smallest absolute Gasteiger partial charge is 0.260 e. The molecule has 3 rings (SSSR count). The fourth-order valence-corrected chi connectivity index (χ4v) is 3.32. The molecule has 2 aliphatic rings. The molecule has 26 heavy (non-hydrogen) atoms. The van der Waals surface area contributed by atoms with Crippen LogP contribution in [0.4, 0.5) is 0 Å². The van der Waals surface area contributed by atoms with E-state index in [9.17, 15) is 9.90 Å². The zero-order valence-electron chi connectivity index (χ0n) is 15.3. The molecule has 0 spiro atoms. The predicted octanol–water partition coefficient (Wildman–Crippen LogP) is 0.506. The topological polar surface area (TPSA) is 71.5 Å². The lowest BCUT2D eigenvalue weighted by atomic mass is 10.1. The number of aliphatic hydroxyl groups excluding tert-OH is 1. The van der Waals surface area contributed by atoms with Gasteiger partial charge in [-0.15, -0.1) is 0 Å². The lowest BCUT2D eigenvalue weighted by molar-refractivity contribution is -0.137. The second kappa shape index (κ2) is 9.32. The summed E-state index contributed by atoms with van der Waals surface area (Å²) >= 11 is 0. The predicted molar refractivity (Wildman–Crippen MR) is 96.0 cm³/mol. The van der Waals surface area contributed by atoms with Gasteiger partial charge >= 0.3 is 0 Å². The number of nitrogens with zero attached hydrogens (tertiary/aromatic N) is 2. The maximum atomic E-state index is 12.1. The highest BCUT2D eigenvalue weighted by atomic mass is 16.5. The zero-order valence-corrected chi connectivity index (χ0v) is 15.3. The number of morpholine rings is 1. The van der Waals surface area contributed by atoms with Crippen molar-refractivity contribution in [2.45, 2.75) is 25.6 Å². The first-order valence-electron chi connectivity index (χ1n) is 9.24. The van der Waals surface area contributed by atoms with Crippen LogP contribution in [0.5, 0.6) is 5.75 Å². The Balaban J connectivity index is 1.49. The van der Waals surface area contributed by atoms with Crippen molar-refractivity contribution in [2.24, 2.45) is 0 Å². The molecule has 0 bridgehead atoms. The molecular formula is C19H28N2O5. The van der Waals surface area contributed by atoms with Gasteiger partial charge in [-0.1, -0.05) is 19.1 Å². The van der Waals surface area contributed by atoms with Gasteiger partial charge in [0.25, 0.3) is 5.91 Å². The van der Waals surface area contributed by atoms with E-state index in [-0.39, 0.29) is 18.6 Å². The maximum Gasteiger partial charge on any atom is 0.260 e. The van der Waals surface area contributed by atoms with Gasteiger partial charge in [0.05, 0.1) is 38.6 Å². The Kier molecular flexibility index (Phi) is 6.85. The molecule has 0 radical (unpaired) electrons. The van der Waals surface area contributed by atoms with Gasteiger partial charge < -0.3 is 24.2 Å². The average molecular weight is 364 g/mol. The van der Waals surface area contributed by atoms with E-state index >= 15 is 0 Å². The van der Waals surface area contributed by atoms with Crippen LogP contribution in [-0.2, 0) is 20.8 Å². The van der Waals surface area contributed by atoms with Crippen molar-refractivity contribution in [3.8, 4) is 5.75 Å². The summed E-state index contributed by atoms with van der Waals surface area (Å²) in [4.78, 5) is 16.1. The van der Waals surface area contributed by atoms with Gasteiger partial charge in [-0.25, -0.2) is 0 Å². The zero-order chi connectivity index (χ0) is 18.4. The van der Waals surface area contributed by atoms with E-state index < -0.39 is 6.10 Å². The number of benzene rings is 1. The SMILES string of the molecule is CCN(Cc1ccc(OCC(=O)N2CCOCC2)cc1)[C@H]1COC[C@@H]1O. The van der Waals surface area contributed by atoms with Crippen molar-refractivity contribution in [3.05, 3.63) is 29.8 Å². The number of likely N-dealkylation sites (N-methyl/N-ethyl adjacent to an activating group) is 1. The first-order valence-corrected chi connectivity index (χ1v) is 9.24. The Hall–Kier alpha value is -1.67. The molecule has 0 unspecified atom stereocenters. The Morgan fingerprint density at radius 1 is 1.23 bits per heavy atom. The summed E-state index contributed by atoms with van der Waals surface area (Å²) in [6.45, 7) is 7.14. The molecule has 1 aromatic rings. The van der Waals surface area contributed by atoms with Gasteiger partial charge in [0, 0.05) is 19.6 Å². The van der Waals surface area contributed by atoms with Gasteiger partial charge in [-0.3, -0.25) is 9.69 Å². The monoisotopic (exact) mass is 364 g/mol. The molecule has 2 heterocycles. The summed E-state index contributed by atoms with van der Waals surface area (Å²) in [5.41, 5.74) is 1.14. The fourth-order valence-electron chi connectivity index (χ4n) is 3.32. The average Bonchev–Trinajstić information content (AvgIpc) is 3.11. The molecule has 2 aliphatic heterocycles. The van der Waals surface area contributed by atoms with Crippen molar-refractivity contribution in [1.29, 1.82) is 0 Å². The minimum absolute atomic E-state index is 0.00949. The third-order valence-corrected chi connectivity index (χ3v) is 4.93. The van der Waals surface area contributed by atoms with Crippen LogP contribution in [0.2, 0.25) is 0 Å². The third-order valence-electron chi connectivity index (χ3n) is 4.93. The van der Waals surface area contributed by atoms with Crippen LogP contribution in [0.1, 0.15) is 12.5 Å². The summed E-state index contributed by atoms with van der Waals surface area (Å²) in [6, 6.07) is 7.81. The van der Waals surface area contributed by atoms with Gasteiger partial charge in [0.15, 0.2) is 6.61 Å². The Morgan fingerprint density at radius 3 is 2.58 bits per heavy atom. The van der Waals surface area contributed by atoms with Gasteiger partial charge in [0.1, 0.15) is 5.75 Å². The normalized spacial score (nSPS) is 23.4. The van der Waals surface area contributed by atoms with Crippen LogP contribution in [0.25, 0.3) is 0 Å². The van der Waals surface area contributed by atoms with Gasteiger partial charge in [0.2, 0.25) is 0 Å². The highest BCUT2D eigenvalue weighted by molar-refractivity contribution is 5.77. The van der Waals surface area contributed by atoms with Crippen molar-refractivity contribution < 1.29 is 24.1 Å². The minimum Gasteiger partial charge on any atom is -0.484 e. The van der Waals surface area contributed by atoms with Crippen molar-refractivity contribution >= 4 is 5.91 Å². The number of amides is 1. The second-order valence-corrected chi connectivity index (χ2v) is 6.66.